The van der Waals surface area contributed by atoms with Gasteiger partial charge in [-0.1, -0.05) is 24.3 Å². The molecule has 1 aliphatic rings. The zero-order chi connectivity index (χ0) is 16.3. The Labute approximate surface area is 127 Å². The number of piperidine rings is 1. The quantitative estimate of drug-likeness (QED) is 0.804. The first-order valence-corrected chi connectivity index (χ1v) is 7.23. The Morgan fingerprint density at radius 3 is 2.14 bits per heavy atom. The van der Waals surface area contributed by atoms with Gasteiger partial charge in [0.2, 0.25) is 0 Å². The number of hydrogen-bond acceptors (Lipinski definition) is 2. The van der Waals surface area contributed by atoms with Crippen molar-refractivity contribution in [2.75, 3.05) is 13.1 Å². The Kier molecular flexibility index (Phi) is 4.88. The summed E-state index contributed by atoms with van der Waals surface area (Å²) in [5.41, 5.74) is 1.71. The molecule has 1 fully saturated rings. The first-order valence-electron chi connectivity index (χ1n) is 7.23. The van der Waals surface area contributed by atoms with Gasteiger partial charge in [0.05, 0.1) is 0 Å². The van der Waals surface area contributed by atoms with Crippen LogP contribution in [0.5, 0.6) is 0 Å². The number of Topliss-reactive ketones (excluding diaryl/α,β-unsaturated/α-hetero) is 1. The van der Waals surface area contributed by atoms with E-state index in [0.717, 1.165) is 16.9 Å². The van der Waals surface area contributed by atoms with Gasteiger partial charge in [-0.2, -0.15) is 13.2 Å². The van der Waals surface area contributed by atoms with Gasteiger partial charge in [-0.15, -0.1) is 0 Å². The molecule has 6 heteroatoms. The molecule has 0 atom stereocenters. The Morgan fingerprint density at radius 1 is 1.14 bits per heavy atom. The van der Waals surface area contributed by atoms with Crippen molar-refractivity contribution in [2.24, 2.45) is 5.92 Å². The van der Waals surface area contributed by atoms with Gasteiger partial charge in [-0.25, -0.2) is 0 Å². The molecule has 0 aliphatic carbocycles. The second-order valence-electron chi connectivity index (χ2n) is 5.69. The summed E-state index contributed by atoms with van der Waals surface area (Å²) in [6.07, 6.45) is -2.89. The van der Waals surface area contributed by atoms with Crippen LogP contribution in [-0.4, -0.2) is 35.9 Å². The number of halogens is 3. The molecule has 0 unspecified atom stereocenters. The molecule has 0 saturated carbocycles. The van der Waals surface area contributed by atoms with Crippen molar-refractivity contribution >= 4 is 11.7 Å². The fourth-order valence-electron chi connectivity index (χ4n) is 2.73. The summed E-state index contributed by atoms with van der Waals surface area (Å²) < 4.78 is 37.1. The highest BCUT2D eigenvalue weighted by Gasteiger charge is 2.43. The van der Waals surface area contributed by atoms with Crippen LogP contribution in [0.4, 0.5) is 13.2 Å². The van der Waals surface area contributed by atoms with Crippen LogP contribution in [0.25, 0.3) is 0 Å². The topological polar surface area (TPSA) is 37.4 Å². The second-order valence-corrected chi connectivity index (χ2v) is 5.69. The van der Waals surface area contributed by atoms with Crippen LogP contribution in [0.3, 0.4) is 0 Å². The van der Waals surface area contributed by atoms with E-state index in [1.54, 1.807) is 12.1 Å². The van der Waals surface area contributed by atoms with Crippen molar-refractivity contribution in [3.8, 4) is 0 Å². The van der Waals surface area contributed by atoms with Gasteiger partial charge < -0.3 is 4.90 Å². The van der Waals surface area contributed by atoms with Gasteiger partial charge in [0.1, 0.15) is 0 Å². The molecule has 1 amide bonds. The maximum atomic E-state index is 12.4. The van der Waals surface area contributed by atoms with Crippen molar-refractivity contribution in [1.82, 2.24) is 4.90 Å². The molecule has 1 aromatic carbocycles. The van der Waals surface area contributed by atoms with Crippen molar-refractivity contribution in [3.63, 3.8) is 0 Å². The van der Waals surface area contributed by atoms with E-state index in [1.165, 1.54) is 6.92 Å². The van der Waals surface area contributed by atoms with Crippen LogP contribution in [0, 0.1) is 5.92 Å². The molecule has 120 valence electrons. The number of likely N-dealkylation sites (tertiary alicyclic amines) is 1. The lowest BCUT2D eigenvalue weighted by atomic mass is 9.89. The maximum Gasteiger partial charge on any atom is 0.471 e. The lowest BCUT2D eigenvalue weighted by Crippen LogP contribution is -2.45. The number of nitrogens with zero attached hydrogens (tertiary/aromatic N) is 1. The van der Waals surface area contributed by atoms with E-state index in [9.17, 15) is 22.8 Å². The molecule has 3 nitrogen and oxygen atoms in total. The number of hydrogen-bond donors (Lipinski definition) is 0. The summed E-state index contributed by atoms with van der Waals surface area (Å²) in [4.78, 5) is 23.2. The van der Waals surface area contributed by atoms with Crippen LogP contribution in [-0.2, 0) is 11.2 Å². The van der Waals surface area contributed by atoms with Crippen LogP contribution < -0.4 is 0 Å². The van der Waals surface area contributed by atoms with Gasteiger partial charge in [-0.05, 0) is 37.7 Å². The molecule has 0 N–H and O–H groups in total. The molecule has 0 bridgehead atoms. The molecule has 1 aliphatic heterocycles. The van der Waals surface area contributed by atoms with Gasteiger partial charge in [0.15, 0.2) is 5.78 Å². The monoisotopic (exact) mass is 313 g/mol. The second kappa shape index (κ2) is 6.50. The number of amides is 1. The Morgan fingerprint density at radius 2 is 1.68 bits per heavy atom. The summed E-state index contributed by atoms with van der Waals surface area (Å²) in [5, 5.41) is 0. The number of alkyl halides is 3. The molecule has 1 heterocycles. The van der Waals surface area contributed by atoms with E-state index < -0.39 is 12.1 Å². The van der Waals surface area contributed by atoms with Crippen molar-refractivity contribution in [2.45, 2.75) is 32.4 Å². The molecular weight excluding hydrogens is 295 g/mol. The summed E-state index contributed by atoms with van der Waals surface area (Å²) in [5.74, 6) is -1.47. The SMILES string of the molecule is CC(=O)c1ccc(CC2CCN(C(=O)C(F)(F)F)CC2)cc1. The van der Waals surface area contributed by atoms with Gasteiger partial charge in [0, 0.05) is 18.7 Å². The largest absolute Gasteiger partial charge is 0.471 e. The van der Waals surface area contributed by atoms with E-state index in [4.69, 9.17) is 0 Å². The Hall–Kier alpha value is -1.85. The normalized spacial score (nSPS) is 16.6. The molecule has 0 aromatic heterocycles. The fraction of sp³-hybridized carbons (Fsp3) is 0.500. The molecule has 0 radical (unpaired) electrons. The van der Waals surface area contributed by atoms with Crippen molar-refractivity contribution < 1.29 is 22.8 Å². The number of carbonyl (C=O) groups excluding carboxylic acids is 2. The fourth-order valence-corrected chi connectivity index (χ4v) is 2.73. The predicted octanol–water partition coefficient (Wildman–Crippen LogP) is 3.23. The zero-order valence-corrected chi connectivity index (χ0v) is 12.3. The van der Waals surface area contributed by atoms with E-state index in [-0.39, 0.29) is 24.8 Å². The highest BCUT2D eigenvalue weighted by atomic mass is 19.4. The third-order valence-corrected chi connectivity index (χ3v) is 4.03. The van der Waals surface area contributed by atoms with Crippen LogP contribution in [0.15, 0.2) is 24.3 Å². The van der Waals surface area contributed by atoms with Crippen LogP contribution >= 0.6 is 0 Å². The summed E-state index contributed by atoms with van der Waals surface area (Å²) in [7, 11) is 0. The Bertz CT molecular complexity index is 544. The van der Waals surface area contributed by atoms with Crippen molar-refractivity contribution in [3.05, 3.63) is 35.4 Å². The molecule has 0 spiro atoms. The van der Waals surface area contributed by atoms with E-state index in [1.807, 2.05) is 12.1 Å². The highest BCUT2D eigenvalue weighted by Crippen LogP contribution is 2.26. The van der Waals surface area contributed by atoms with Gasteiger partial charge >= 0.3 is 12.1 Å². The molecule has 22 heavy (non-hydrogen) atoms. The average Bonchev–Trinajstić information content (AvgIpc) is 2.47. The number of benzene rings is 1. The average molecular weight is 313 g/mol. The summed E-state index contributed by atoms with van der Waals surface area (Å²) in [6.45, 7) is 1.80. The minimum Gasteiger partial charge on any atom is -0.335 e. The molecule has 1 aromatic rings. The minimum atomic E-state index is -4.78. The zero-order valence-electron chi connectivity index (χ0n) is 12.3. The lowest BCUT2D eigenvalue weighted by molar-refractivity contribution is -0.186. The molecular formula is C16H18F3NO2. The van der Waals surface area contributed by atoms with Gasteiger partial charge in [-0.3, -0.25) is 9.59 Å². The first-order chi connectivity index (χ1) is 10.3. The first kappa shape index (κ1) is 16.5. The molecule has 2 rings (SSSR count). The third kappa shape index (κ3) is 4.08. The maximum absolute atomic E-state index is 12.4. The summed E-state index contributed by atoms with van der Waals surface area (Å²) in [6, 6.07) is 7.29. The smallest absolute Gasteiger partial charge is 0.335 e. The van der Waals surface area contributed by atoms with E-state index >= 15 is 0 Å². The minimum absolute atomic E-state index is 0.00511. The van der Waals surface area contributed by atoms with Gasteiger partial charge in [0.25, 0.3) is 0 Å². The number of rotatable bonds is 3. The molecule has 1 saturated heterocycles. The number of carbonyl (C=O) groups is 2. The van der Waals surface area contributed by atoms with E-state index in [0.29, 0.717) is 18.4 Å². The van der Waals surface area contributed by atoms with Crippen molar-refractivity contribution in [1.29, 1.82) is 0 Å². The highest BCUT2D eigenvalue weighted by molar-refractivity contribution is 5.94. The van der Waals surface area contributed by atoms with Crippen LogP contribution in [0.2, 0.25) is 0 Å². The predicted molar refractivity (Wildman–Crippen MR) is 75.5 cm³/mol. The van der Waals surface area contributed by atoms with E-state index in [2.05, 4.69) is 0 Å². The standard InChI is InChI=1S/C16H18F3NO2/c1-11(21)14-4-2-12(3-5-14)10-13-6-8-20(9-7-13)15(22)16(17,18)19/h2-5,13H,6-10H2,1H3. The number of ketones is 1. The Balaban J connectivity index is 1.87. The van der Waals surface area contributed by atoms with Crippen LogP contribution in [0.1, 0.15) is 35.7 Å². The third-order valence-electron chi connectivity index (χ3n) is 4.03. The summed E-state index contributed by atoms with van der Waals surface area (Å²) >= 11 is 0. The lowest BCUT2D eigenvalue weighted by Gasteiger charge is -2.32.